The molecule has 4 heteroatoms. The number of amides is 1. The fraction of sp³-hybridized carbons (Fsp3) is 0.100. The van der Waals surface area contributed by atoms with Gasteiger partial charge in [-0.25, -0.2) is 0 Å². The molecule has 0 fully saturated rings. The summed E-state index contributed by atoms with van der Waals surface area (Å²) in [5.41, 5.74) is 3.99. The highest BCUT2D eigenvalue weighted by Gasteiger charge is 2.19. The van der Waals surface area contributed by atoms with Gasteiger partial charge >= 0.3 is 0 Å². The first kappa shape index (κ1) is 7.44. The number of furan rings is 1. The zero-order valence-electron chi connectivity index (χ0n) is 7.24. The van der Waals surface area contributed by atoms with E-state index in [0.29, 0.717) is 12.2 Å². The van der Waals surface area contributed by atoms with E-state index in [2.05, 4.69) is 5.48 Å². The molecule has 2 aromatic rings. The van der Waals surface area contributed by atoms with Crippen LogP contribution in [0, 0.1) is 0 Å². The van der Waals surface area contributed by atoms with Gasteiger partial charge in [-0.15, -0.1) is 0 Å². The lowest BCUT2D eigenvalue weighted by Gasteiger charge is -2.16. The van der Waals surface area contributed by atoms with Gasteiger partial charge in [0.1, 0.15) is 5.58 Å². The molecular weight excluding hydrogens is 182 g/mol. The second-order valence-corrected chi connectivity index (χ2v) is 3.19. The minimum Gasteiger partial charge on any atom is -0.464 e. The van der Waals surface area contributed by atoms with Crippen molar-refractivity contribution in [3.8, 4) is 5.75 Å². The largest absolute Gasteiger partial charge is 0.464 e. The smallest absolute Gasteiger partial charge is 0.257 e. The summed E-state index contributed by atoms with van der Waals surface area (Å²) in [6.07, 6.45) is 1.96. The van der Waals surface area contributed by atoms with E-state index in [4.69, 9.17) is 9.25 Å². The molecule has 14 heavy (non-hydrogen) atoms. The van der Waals surface area contributed by atoms with Crippen molar-refractivity contribution in [3.63, 3.8) is 0 Å². The summed E-state index contributed by atoms with van der Waals surface area (Å²) in [4.78, 5) is 16.2. The zero-order valence-corrected chi connectivity index (χ0v) is 7.24. The lowest BCUT2D eigenvalue weighted by atomic mass is 10.1. The van der Waals surface area contributed by atoms with Crippen molar-refractivity contribution in [1.82, 2.24) is 5.48 Å². The maximum atomic E-state index is 11.0. The van der Waals surface area contributed by atoms with Crippen LogP contribution in [0.15, 0.2) is 28.9 Å². The van der Waals surface area contributed by atoms with Crippen LogP contribution in [-0.4, -0.2) is 5.91 Å². The fourth-order valence-corrected chi connectivity index (χ4v) is 1.64. The molecule has 4 nitrogen and oxygen atoms in total. The number of hydroxylamine groups is 1. The minimum absolute atomic E-state index is 0.125. The van der Waals surface area contributed by atoms with Crippen LogP contribution in [0.25, 0.3) is 11.0 Å². The van der Waals surface area contributed by atoms with Crippen molar-refractivity contribution in [2.75, 3.05) is 0 Å². The standard InChI is InChI=1S/C10H7NO3/c12-9-5-6-1-2-8-7(3-4-13-8)10(6)14-11-9/h1-4H,5H2,(H,11,12). The first-order chi connectivity index (χ1) is 6.84. The van der Waals surface area contributed by atoms with Crippen molar-refractivity contribution < 1.29 is 14.0 Å². The van der Waals surface area contributed by atoms with Crippen molar-refractivity contribution in [2.24, 2.45) is 0 Å². The van der Waals surface area contributed by atoms with Gasteiger partial charge in [-0.2, -0.15) is 5.48 Å². The third kappa shape index (κ3) is 0.907. The van der Waals surface area contributed by atoms with Crippen molar-refractivity contribution >= 4 is 16.9 Å². The van der Waals surface area contributed by atoms with Gasteiger partial charge in [-0.3, -0.25) is 4.79 Å². The molecule has 0 aliphatic carbocycles. The fourth-order valence-electron chi connectivity index (χ4n) is 1.64. The Kier molecular flexibility index (Phi) is 1.33. The number of hydrogen-bond donors (Lipinski definition) is 1. The molecule has 1 aromatic heterocycles. The van der Waals surface area contributed by atoms with Crippen molar-refractivity contribution in [2.45, 2.75) is 6.42 Å². The molecule has 0 bridgehead atoms. The molecule has 2 heterocycles. The number of nitrogens with one attached hydrogen (secondary N) is 1. The van der Waals surface area contributed by atoms with Crippen molar-refractivity contribution in [1.29, 1.82) is 0 Å². The lowest BCUT2D eigenvalue weighted by molar-refractivity contribution is -0.128. The number of fused-ring (bicyclic) bond motifs is 3. The minimum atomic E-state index is -0.125. The van der Waals surface area contributed by atoms with Crippen LogP contribution >= 0.6 is 0 Å². The summed E-state index contributed by atoms with van der Waals surface area (Å²) in [5, 5.41) is 0.891. The van der Waals surface area contributed by atoms with E-state index in [9.17, 15) is 4.79 Å². The third-order valence-electron chi connectivity index (χ3n) is 2.29. The second-order valence-electron chi connectivity index (χ2n) is 3.19. The Labute approximate surface area is 79.4 Å². The molecule has 0 saturated carbocycles. The van der Waals surface area contributed by atoms with Crippen LogP contribution in [0.3, 0.4) is 0 Å². The van der Waals surface area contributed by atoms with E-state index in [1.807, 2.05) is 18.2 Å². The van der Waals surface area contributed by atoms with E-state index < -0.39 is 0 Å². The number of carbonyl (C=O) groups excluding carboxylic acids is 1. The topological polar surface area (TPSA) is 51.5 Å². The summed E-state index contributed by atoms with van der Waals surface area (Å²) in [5.74, 6) is 0.566. The Morgan fingerprint density at radius 1 is 1.29 bits per heavy atom. The van der Waals surface area contributed by atoms with Crippen LogP contribution in [0.5, 0.6) is 5.75 Å². The molecular formula is C10H7NO3. The molecule has 0 spiro atoms. The van der Waals surface area contributed by atoms with Gasteiger partial charge in [0.15, 0.2) is 5.75 Å². The predicted molar refractivity (Wildman–Crippen MR) is 48.7 cm³/mol. The summed E-state index contributed by atoms with van der Waals surface area (Å²) >= 11 is 0. The monoisotopic (exact) mass is 189 g/mol. The first-order valence-corrected chi connectivity index (χ1v) is 4.29. The Morgan fingerprint density at radius 3 is 3.14 bits per heavy atom. The zero-order chi connectivity index (χ0) is 9.54. The average molecular weight is 189 g/mol. The molecule has 1 aliphatic rings. The van der Waals surface area contributed by atoms with E-state index in [1.54, 1.807) is 6.26 Å². The molecule has 0 radical (unpaired) electrons. The molecule has 1 amide bonds. The number of benzene rings is 1. The van der Waals surface area contributed by atoms with Crippen LogP contribution < -0.4 is 10.3 Å². The van der Waals surface area contributed by atoms with Gasteiger partial charge in [0.25, 0.3) is 5.91 Å². The van der Waals surface area contributed by atoms with Crippen LogP contribution in [0.4, 0.5) is 0 Å². The highest BCUT2D eigenvalue weighted by atomic mass is 16.7. The molecule has 3 rings (SSSR count). The van der Waals surface area contributed by atoms with Gasteiger partial charge in [0.2, 0.25) is 0 Å². The van der Waals surface area contributed by atoms with E-state index in [1.165, 1.54) is 0 Å². The lowest BCUT2D eigenvalue weighted by Crippen LogP contribution is -2.33. The van der Waals surface area contributed by atoms with Gasteiger partial charge in [0.05, 0.1) is 18.1 Å². The van der Waals surface area contributed by atoms with Gasteiger partial charge < -0.3 is 9.25 Å². The molecule has 0 saturated heterocycles. The van der Waals surface area contributed by atoms with Crippen LogP contribution in [0.2, 0.25) is 0 Å². The summed E-state index contributed by atoms with van der Waals surface area (Å²) in [7, 11) is 0. The summed E-state index contributed by atoms with van der Waals surface area (Å²) in [6.45, 7) is 0. The Bertz CT molecular complexity index is 515. The summed E-state index contributed by atoms with van der Waals surface area (Å²) in [6, 6.07) is 5.52. The van der Waals surface area contributed by atoms with Crippen LogP contribution in [0.1, 0.15) is 5.56 Å². The molecule has 1 aromatic carbocycles. The highest BCUT2D eigenvalue weighted by Crippen LogP contribution is 2.32. The second kappa shape index (κ2) is 2.51. The maximum Gasteiger partial charge on any atom is 0.257 e. The average Bonchev–Trinajstić information content (AvgIpc) is 2.65. The Hall–Kier alpha value is -1.97. The Morgan fingerprint density at radius 2 is 2.21 bits per heavy atom. The molecule has 1 aliphatic heterocycles. The van der Waals surface area contributed by atoms with E-state index >= 15 is 0 Å². The van der Waals surface area contributed by atoms with Crippen LogP contribution in [-0.2, 0) is 11.2 Å². The quantitative estimate of drug-likeness (QED) is 0.681. The SMILES string of the molecule is O=C1Cc2ccc3occc3c2ON1. The molecule has 0 unspecified atom stereocenters. The molecule has 1 N–H and O–H groups in total. The predicted octanol–water partition coefficient (Wildman–Crippen LogP) is 1.40. The summed E-state index contributed by atoms with van der Waals surface area (Å²) < 4.78 is 5.22. The van der Waals surface area contributed by atoms with Gasteiger partial charge in [-0.05, 0) is 12.1 Å². The number of hydrogen-bond acceptors (Lipinski definition) is 3. The third-order valence-corrected chi connectivity index (χ3v) is 2.29. The highest BCUT2D eigenvalue weighted by molar-refractivity contribution is 5.90. The normalized spacial score (nSPS) is 14.7. The molecule has 70 valence electrons. The van der Waals surface area contributed by atoms with E-state index in [0.717, 1.165) is 16.5 Å². The van der Waals surface area contributed by atoms with Gasteiger partial charge in [0, 0.05) is 5.56 Å². The van der Waals surface area contributed by atoms with E-state index in [-0.39, 0.29) is 5.91 Å². The number of carbonyl (C=O) groups is 1. The van der Waals surface area contributed by atoms with Gasteiger partial charge in [-0.1, -0.05) is 6.07 Å². The first-order valence-electron chi connectivity index (χ1n) is 4.29. The maximum absolute atomic E-state index is 11.0. The van der Waals surface area contributed by atoms with Crippen molar-refractivity contribution in [3.05, 3.63) is 30.0 Å². The number of rotatable bonds is 0. The Balaban J connectivity index is 2.29. The molecule has 0 atom stereocenters.